The number of hydrogen-bond donors (Lipinski definition) is 0. The first-order valence-electron chi connectivity index (χ1n) is 8.39. The highest BCUT2D eigenvalue weighted by molar-refractivity contribution is 7.99. The molecule has 0 fully saturated rings. The summed E-state index contributed by atoms with van der Waals surface area (Å²) in [6, 6.07) is 16.3. The SMILES string of the molecule is Cc1ccc(-n2c(SCC(=O)N(C)C)nnc2-c2ccccc2)cc1C. The monoisotopic (exact) mass is 366 g/mol. The number of benzene rings is 2. The number of rotatable bonds is 5. The van der Waals surface area contributed by atoms with Crippen molar-refractivity contribution in [2.75, 3.05) is 19.8 Å². The minimum atomic E-state index is 0.0471. The highest BCUT2D eigenvalue weighted by Gasteiger charge is 2.18. The summed E-state index contributed by atoms with van der Waals surface area (Å²) in [5.74, 6) is 1.14. The van der Waals surface area contributed by atoms with Gasteiger partial charge in [0.2, 0.25) is 5.91 Å². The number of aryl methyl sites for hydroxylation is 2. The average Bonchev–Trinajstić information content (AvgIpc) is 3.06. The van der Waals surface area contributed by atoms with Crippen molar-refractivity contribution >= 4 is 17.7 Å². The minimum Gasteiger partial charge on any atom is -0.348 e. The Morgan fingerprint density at radius 2 is 1.77 bits per heavy atom. The Bertz CT molecular complexity index is 919. The second-order valence-corrected chi connectivity index (χ2v) is 7.30. The standard InChI is InChI=1S/C20H22N4OS/c1-14-10-11-17(12-15(14)2)24-19(16-8-6-5-7-9-16)21-22-20(24)26-13-18(25)23(3)4/h5-12H,13H2,1-4H3. The normalized spacial score (nSPS) is 10.8. The van der Waals surface area contributed by atoms with Gasteiger partial charge in [-0.15, -0.1) is 10.2 Å². The predicted octanol–water partition coefficient (Wildman–Crippen LogP) is 3.73. The number of amides is 1. The third-order valence-electron chi connectivity index (χ3n) is 4.24. The van der Waals surface area contributed by atoms with E-state index in [1.54, 1.807) is 19.0 Å². The van der Waals surface area contributed by atoms with Crippen LogP contribution in [0.2, 0.25) is 0 Å². The van der Waals surface area contributed by atoms with Gasteiger partial charge in [-0.25, -0.2) is 0 Å². The van der Waals surface area contributed by atoms with Crippen LogP contribution >= 0.6 is 11.8 Å². The Morgan fingerprint density at radius 1 is 1.04 bits per heavy atom. The fourth-order valence-corrected chi connectivity index (χ4v) is 3.42. The Kier molecular flexibility index (Phi) is 5.42. The van der Waals surface area contributed by atoms with E-state index < -0.39 is 0 Å². The molecule has 1 aromatic heterocycles. The zero-order valence-electron chi connectivity index (χ0n) is 15.4. The highest BCUT2D eigenvalue weighted by atomic mass is 32.2. The van der Waals surface area contributed by atoms with Gasteiger partial charge in [-0.3, -0.25) is 9.36 Å². The van der Waals surface area contributed by atoms with Crippen LogP contribution in [0, 0.1) is 13.8 Å². The second-order valence-electron chi connectivity index (χ2n) is 6.35. The summed E-state index contributed by atoms with van der Waals surface area (Å²) in [6.45, 7) is 4.18. The molecule has 1 amide bonds. The van der Waals surface area contributed by atoms with E-state index in [0.29, 0.717) is 10.9 Å². The van der Waals surface area contributed by atoms with E-state index in [0.717, 1.165) is 17.1 Å². The van der Waals surface area contributed by atoms with Crippen LogP contribution in [-0.2, 0) is 4.79 Å². The fraction of sp³-hybridized carbons (Fsp3) is 0.250. The zero-order valence-corrected chi connectivity index (χ0v) is 16.2. The van der Waals surface area contributed by atoms with E-state index in [1.165, 1.54) is 22.9 Å². The summed E-state index contributed by atoms with van der Waals surface area (Å²) < 4.78 is 2.02. The summed E-state index contributed by atoms with van der Waals surface area (Å²) in [6.07, 6.45) is 0. The van der Waals surface area contributed by atoms with Gasteiger partial charge in [0.1, 0.15) is 0 Å². The van der Waals surface area contributed by atoms with Crippen LogP contribution < -0.4 is 0 Å². The summed E-state index contributed by atoms with van der Waals surface area (Å²) in [7, 11) is 3.51. The number of aromatic nitrogens is 3. The molecule has 0 atom stereocenters. The van der Waals surface area contributed by atoms with E-state index >= 15 is 0 Å². The molecule has 0 bridgehead atoms. The van der Waals surface area contributed by atoms with Gasteiger partial charge >= 0.3 is 0 Å². The highest BCUT2D eigenvalue weighted by Crippen LogP contribution is 2.28. The maximum Gasteiger partial charge on any atom is 0.232 e. The van der Waals surface area contributed by atoms with Gasteiger partial charge in [-0.05, 0) is 37.1 Å². The smallest absolute Gasteiger partial charge is 0.232 e. The molecule has 134 valence electrons. The molecule has 0 saturated heterocycles. The summed E-state index contributed by atoms with van der Waals surface area (Å²) in [5.41, 5.74) is 4.43. The van der Waals surface area contributed by atoms with E-state index in [1.807, 2.05) is 34.9 Å². The maximum atomic E-state index is 12.0. The van der Waals surface area contributed by atoms with Crippen molar-refractivity contribution in [1.29, 1.82) is 0 Å². The van der Waals surface area contributed by atoms with Crippen LogP contribution in [-0.4, -0.2) is 45.4 Å². The number of carbonyl (C=O) groups excluding carboxylic acids is 1. The molecule has 6 heteroatoms. The summed E-state index contributed by atoms with van der Waals surface area (Å²) in [4.78, 5) is 13.6. The molecule has 0 aliphatic heterocycles. The van der Waals surface area contributed by atoms with E-state index in [4.69, 9.17) is 0 Å². The lowest BCUT2D eigenvalue weighted by Gasteiger charge is -2.13. The van der Waals surface area contributed by atoms with Crippen molar-refractivity contribution in [3.8, 4) is 17.1 Å². The minimum absolute atomic E-state index is 0.0471. The van der Waals surface area contributed by atoms with E-state index in [-0.39, 0.29) is 5.91 Å². The second kappa shape index (κ2) is 7.74. The molecule has 0 N–H and O–H groups in total. The van der Waals surface area contributed by atoms with Crippen LogP contribution in [0.5, 0.6) is 0 Å². The average molecular weight is 366 g/mol. The number of hydrogen-bond acceptors (Lipinski definition) is 4. The van der Waals surface area contributed by atoms with E-state index in [9.17, 15) is 4.79 Å². The van der Waals surface area contributed by atoms with E-state index in [2.05, 4.69) is 42.2 Å². The molecule has 3 rings (SSSR count). The molecule has 3 aromatic rings. The molecule has 1 heterocycles. The van der Waals surface area contributed by atoms with Crippen molar-refractivity contribution in [3.05, 3.63) is 59.7 Å². The third kappa shape index (κ3) is 3.80. The summed E-state index contributed by atoms with van der Waals surface area (Å²) >= 11 is 1.40. The number of carbonyl (C=O) groups is 1. The van der Waals surface area contributed by atoms with Gasteiger partial charge < -0.3 is 4.90 Å². The molecular weight excluding hydrogens is 344 g/mol. The van der Waals surface area contributed by atoms with Gasteiger partial charge in [0.15, 0.2) is 11.0 Å². The molecular formula is C20H22N4OS. The first-order valence-corrected chi connectivity index (χ1v) is 9.37. The van der Waals surface area contributed by atoms with Crippen LogP contribution in [0.15, 0.2) is 53.7 Å². The van der Waals surface area contributed by atoms with Crippen molar-refractivity contribution in [2.24, 2.45) is 0 Å². The van der Waals surface area contributed by atoms with Crippen LogP contribution in [0.3, 0.4) is 0 Å². The fourth-order valence-electron chi connectivity index (χ4n) is 2.49. The maximum absolute atomic E-state index is 12.0. The quantitative estimate of drug-likeness (QED) is 0.646. The Labute approximate surface area is 158 Å². The predicted molar refractivity (Wildman–Crippen MR) is 106 cm³/mol. The molecule has 0 radical (unpaired) electrons. The van der Waals surface area contributed by atoms with Gasteiger partial charge in [0.25, 0.3) is 0 Å². The Hall–Kier alpha value is -2.60. The van der Waals surface area contributed by atoms with Crippen molar-refractivity contribution in [3.63, 3.8) is 0 Å². The first kappa shape index (κ1) is 18.2. The first-order chi connectivity index (χ1) is 12.5. The van der Waals surface area contributed by atoms with Crippen LogP contribution in [0.4, 0.5) is 0 Å². The topological polar surface area (TPSA) is 51.0 Å². The largest absolute Gasteiger partial charge is 0.348 e. The molecule has 0 spiro atoms. The lowest BCUT2D eigenvalue weighted by Crippen LogP contribution is -2.23. The molecule has 0 unspecified atom stereocenters. The van der Waals surface area contributed by atoms with Crippen molar-refractivity contribution in [2.45, 2.75) is 19.0 Å². The summed E-state index contributed by atoms with van der Waals surface area (Å²) in [5, 5.41) is 9.47. The molecule has 5 nitrogen and oxygen atoms in total. The molecule has 0 aliphatic carbocycles. The van der Waals surface area contributed by atoms with Gasteiger partial charge in [0, 0.05) is 19.7 Å². The van der Waals surface area contributed by atoms with Crippen molar-refractivity contribution < 1.29 is 4.79 Å². The third-order valence-corrected chi connectivity index (χ3v) is 5.15. The molecule has 0 saturated carbocycles. The number of nitrogens with zero attached hydrogens (tertiary/aromatic N) is 4. The Balaban J connectivity index is 2.06. The van der Waals surface area contributed by atoms with Gasteiger partial charge in [0.05, 0.1) is 11.4 Å². The van der Waals surface area contributed by atoms with Crippen LogP contribution in [0.25, 0.3) is 17.1 Å². The van der Waals surface area contributed by atoms with Crippen LogP contribution in [0.1, 0.15) is 11.1 Å². The number of thioether (sulfide) groups is 1. The Morgan fingerprint density at radius 3 is 2.42 bits per heavy atom. The van der Waals surface area contributed by atoms with Gasteiger partial charge in [-0.1, -0.05) is 48.2 Å². The molecule has 2 aromatic carbocycles. The zero-order chi connectivity index (χ0) is 18.7. The molecule has 26 heavy (non-hydrogen) atoms. The lowest BCUT2D eigenvalue weighted by atomic mass is 10.1. The van der Waals surface area contributed by atoms with Gasteiger partial charge in [-0.2, -0.15) is 0 Å². The van der Waals surface area contributed by atoms with Crippen molar-refractivity contribution in [1.82, 2.24) is 19.7 Å². The lowest BCUT2D eigenvalue weighted by molar-refractivity contribution is -0.125. The molecule has 0 aliphatic rings.